The molecule has 0 aliphatic rings. The molecule has 3 N–H and O–H groups in total. The summed E-state index contributed by atoms with van der Waals surface area (Å²) in [5, 5.41) is 2.56. The second-order valence-electron chi connectivity index (χ2n) is 8.41. The minimum absolute atomic E-state index is 0.139. The summed E-state index contributed by atoms with van der Waals surface area (Å²) < 4.78 is 31.2. The third-order valence-electron chi connectivity index (χ3n) is 5.41. The second kappa shape index (κ2) is 10.2. The smallest absolute Gasteiger partial charge is 0.338 e. The number of aryl methyl sites for hydroxylation is 1. The van der Waals surface area contributed by atoms with E-state index in [-0.39, 0.29) is 16.1 Å². The van der Waals surface area contributed by atoms with Gasteiger partial charge in [-0.3, -0.25) is 9.59 Å². The summed E-state index contributed by atoms with van der Waals surface area (Å²) >= 11 is 0. The molecule has 190 valence electrons. The second-order valence-corrected chi connectivity index (χ2v) is 10.1. The number of nitrogens with zero attached hydrogens (tertiary/aromatic N) is 1. The van der Waals surface area contributed by atoms with E-state index in [2.05, 4.69) is 15.3 Å². The van der Waals surface area contributed by atoms with Gasteiger partial charge in [0.25, 0.3) is 15.9 Å². The van der Waals surface area contributed by atoms with Crippen LogP contribution in [0.25, 0.3) is 22.4 Å². The summed E-state index contributed by atoms with van der Waals surface area (Å²) in [7, 11) is -3.99. The van der Waals surface area contributed by atoms with E-state index in [4.69, 9.17) is 4.74 Å². The van der Waals surface area contributed by atoms with E-state index >= 15 is 0 Å². The number of carbonyl (C=O) groups excluding carboxylic acids is 3. The predicted octanol–water partition coefficient (Wildman–Crippen LogP) is 3.55. The van der Waals surface area contributed by atoms with Crippen LogP contribution >= 0.6 is 0 Å². The van der Waals surface area contributed by atoms with Crippen LogP contribution in [0, 0.1) is 6.92 Å². The molecule has 37 heavy (non-hydrogen) atoms. The van der Waals surface area contributed by atoms with Crippen LogP contribution in [-0.4, -0.2) is 42.3 Å². The van der Waals surface area contributed by atoms with Gasteiger partial charge in [-0.05, 0) is 56.3 Å². The maximum Gasteiger partial charge on any atom is 0.338 e. The summed E-state index contributed by atoms with van der Waals surface area (Å²) in [6.45, 7) is 4.51. The lowest BCUT2D eigenvalue weighted by Crippen LogP contribution is -2.30. The Kier molecular flexibility index (Phi) is 7.07. The van der Waals surface area contributed by atoms with Crippen molar-refractivity contribution in [3.05, 3.63) is 77.9 Å². The van der Waals surface area contributed by atoms with E-state index in [0.29, 0.717) is 16.9 Å². The van der Waals surface area contributed by atoms with Crippen LogP contribution in [0.15, 0.2) is 71.6 Å². The largest absolute Gasteiger partial charge is 0.449 e. The summed E-state index contributed by atoms with van der Waals surface area (Å²) in [4.78, 5) is 43.9. The minimum atomic E-state index is -3.99. The van der Waals surface area contributed by atoms with Crippen LogP contribution in [0.4, 0.5) is 5.69 Å². The van der Waals surface area contributed by atoms with Crippen molar-refractivity contribution in [2.45, 2.75) is 31.8 Å². The van der Waals surface area contributed by atoms with E-state index < -0.39 is 33.9 Å². The number of imidazole rings is 1. The van der Waals surface area contributed by atoms with Gasteiger partial charge in [0.1, 0.15) is 5.82 Å². The SMILES string of the molecule is CC(=O)NS(=O)(=O)c1ccc(NC(=O)C(C)OC(=O)c2ccc3nc(-c4ccc(C)cc4)[nH]c3c2)cc1. The summed E-state index contributed by atoms with van der Waals surface area (Å²) in [6, 6.07) is 18.0. The topological polar surface area (TPSA) is 147 Å². The average Bonchev–Trinajstić information content (AvgIpc) is 3.27. The molecule has 1 atom stereocenters. The first-order chi connectivity index (χ1) is 17.5. The first-order valence-electron chi connectivity index (χ1n) is 11.2. The van der Waals surface area contributed by atoms with Crippen LogP contribution in [0.1, 0.15) is 29.8 Å². The standard InChI is InChI=1S/C26H24N4O6S/c1-15-4-6-18(7-5-15)24-28-22-13-8-19(14-23(22)29-24)26(33)36-16(2)25(32)27-20-9-11-21(12-10-20)37(34,35)30-17(3)31/h4-14,16H,1-3H3,(H,27,32)(H,28,29)(H,30,31). The Morgan fingerprint density at radius 3 is 2.30 bits per heavy atom. The fourth-order valence-corrected chi connectivity index (χ4v) is 4.47. The van der Waals surface area contributed by atoms with Gasteiger partial charge < -0.3 is 15.0 Å². The van der Waals surface area contributed by atoms with Gasteiger partial charge in [-0.2, -0.15) is 0 Å². The Hall–Kier alpha value is -4.51. The number of benzene rings is 3. The van der Waals surface area contributed by atoms with Crippen LogP contribution in [-0.2, 0) is 24.3 Å². The summed E-state index contributed by atoms with van der Waals surface area (Å²) in [5.74, 6) is -1.33. The molecule has 1 unspecified atom stereocenters. The number of anilines is 1. The number of rotatable bonds is 7. The molecule has 0 aliphatic carbocycles. The number of aromatic nitrogens is 2. The number of amides is 2. The quantitative estimate of drug-likeness (QED) is 0.316. The molecule has 4 aromatic rings. The summed E-state index contributed by atoms with van der Waals surface area (Å²) in [5.41, 5.74) is 3.92. The van der Waals surface area contributed by atoms with E-state index in [1.165, 1.54) is 31.2 Å². The van der Waals surface area contributed by atoms with Crippen LogP contribution in [0.2, 0.25) is 0 Å². The highest BCUT2D eigenvalue weighted by atomic mass is 32.2. The minimum Gasteiger partial charge on any atom is -0.449 e. The molecule has 0 fully saturated rings. The Labute approximate surface area is 213 Å². The van der Waals surface area contributed by atoms with Crippen molar-refractivity contribution >= 4 is 44.5 Å². The van der Waals surface area contributed by atoms with Gasteiger partial charge in [-0.15, -0.1) is 0 Å². The van der Waals surface area contributed by atoms with Crippen molar-refractivity contribution in [2.24, 2.45) is 0 Å². The fraction of sp³-hybridized carbons (Fsp3) is 0.154. The predicted molar refractivity (Wildman–Crippen MR) is 137 cm³/mol. The van der Waals surface area contributed by atoms with Crippen LogP contribution in [0.5, 0.6) is 0 Å². The molecule has 0 saturated heterocycles. The third kappa shape index (κ3) is 6.01. The molecule has 0 aliphatic heterocycles. The Balaban J connectivity index is 1.40. The van der Waals surface area contributed by atoms with Crippen molar-refractivity contribution in [2.75, 3.05) is 5.32 Å². The van der Waals surface area contributed by atoms with Gasteiger partial charge in [0.2, 0.25) is 5.91 Å². The van der Waals surface area contributed by atoms with Crippen LogP contribution < -0.4 is 10.0 Å². The Bertz CT molecular complexity index is 1590. The maximum absolute atomic E-state index is 12.7. The molecule has 2 amide bonds. The van der Waals surface area contributed by atoms with Gasteiger partial charge >= 0.3 is 5.97 Å². The lowest BCUT2D eigenvalue weighted by atomic mass is 10.1. The monoisotopic (exact) mass is 520 g/mol. The first kappa shape index (κ1) is 25.6. The molecule has 1 heterocycles. The zero-order chi connectivity index (χ0) is 26.7. The van der Waals surface area contributed by atoms with Gasteiger partial charge in [0.05, 0.1) is 21.5 Å². The van der Waals surface area contributed by atoms with E-state index in [0.717, 1.165) is 18.1 Å². The number of H-pyrrole nitrogens is 1. The highest BCUT2D eigenvalue weighted by Crippen LogP contribution is 2.22. The molecule has 1 aromatic heterocycles. The maximum atomic E-state index is 12.7. The number of aromatic amines is 1. The number of ether oxygens (including phenoxy) is 1. The molecule has 4 rings (SSSR count). The highest BCUT2D eigenvalue weighted by molar-refractivity contribution is 7.90. The van der Waals surface area contributed by atoms with Gasteiger partial charge in [0.15, 0.2) is 6.10 Å². The van der Waals surface area contributed by atoms with Crippen molar-refractivity contribution in [1.29, 1.82) is 0 Å². The Morgan fingerprint density at radius 2 is 1.65 bits per heavy atom. The zero-order valence-electron chi connectivity index (χ0n) is 20.2. The van der Waals surface area contributed by atoms with E-state index in [1.807, 2.05) is 35.9 Å². The molecular formula is C26H24N4O6S. The fourth-order valence-electron chi connectivity index (χ4n) is 3.48. The lowest BCUT2D eigenvalue weighted by molar-refractivity contribution is -0.123. The first-order valence-corrected chi connectivity index (χ1v) is 12.7. The number of esters is 1. The number of fused-ring (bicyclic) bond motifs is 1. The zero-order valence-corrected chi connectivity index (χ0v) is 21.0. The molecule has 0 saturated carbocycles. The number of nitrogens with one attached hydrogen (secondary N) is 3. The van der Waals surface area contributed by atoms with Gasteiger partial charge in [0, 0.05) is 18.2 Å². The van der Waals surface area contributed by atoms with Crippen molar-refractivity contribution < 1.29 is 27.5 Å². The highest BCUT2D eigenvalue weighted by Gasteiger charge is 2.21. The molecule has 10 nitrogen and oxygen atoms in total. The average molecular weight is 521 g/mol. The molecule has 3 aromatic carbocycles. The normalized spacial score (nSPS) is 12.1. The molecule has 0 radical (unpaired) electrons. The van der Waals surface area contributed by atoms with Crippen molar-refractivity contribution in [3.63, 3.8) is 0 Å². The number of carbonyl (C=O) groups is 3. The van der Waals surface area contributed by atoms with Crippen molar-refractivity contribution in [1.82, 2.24) is 14.7 Å². The molecule has 0 bridgehead atoms. The lowest BCUT2D eigenvalue weighted by Gasteiger charge is -2.14. The van der Waals surface area contributed by atoms with E-state index in [9.17, 15) is 22.8 Å². The third-order valence-corrected chi connectivity index (χ3v) is 6.85. The van der Waals surface area contributed by atoms with Gasteiger partial charge in [-0.1, -0.05) is 29.8 Å². The Morgan fingerprint density at radius 1 is 0.973 bits per heavy atom. The number of hydrogen-bond donors (Lipinski definition) is 3. The summed E-state index contributed by atoms with van der Waals surface area (Å²) in [6.07, 6.45) is -1.13. The van der Waals surface area contributed by atoms with Crippen LogP contribution in [0.3, 0.4) is 0 Å². The molecule has 11 heteroatoms. The number of sulfonamides is 1. The van der Waals surface area contributed by atoms with Crippen molar-refractivity contribution in [3.8, 4) is 11.4 Å². The molecule has 0 spiro atoms. The number of hydrogen-bond acceptors (Lipinski definition) is 7. The van der Waals surface area contributed by atoms with Gasteiger partial charge in [-0.25, -0.2) is 22.9 Å². The van der Waals surface area contributed by atoms with E-state index in [1.54, 1.807) is 18.2 Å². The molecular weight excluding hydrogens is 496 g/mol.